The van der Waals surface area contributed by atoms with Gasteiger partial charge in [0.05, 0.1) is 27.6 Å². The Kier molecular flexibility index (Phi) is 8.66. The average Bonchev–Trinajstić information content (AvgIpc) is 3.53. The number of amides is 1. The molecule has 244 valence electrons. The first-order valence-corrected chi connectivity index (χ1v) is 18.4. The van der Waals surface area contributed by atoms with Gasteiger partial charge in [-0.3, -0.25) is 9.35 Å². The quantitative estimate of drug-likeness (QED) is 0.158. The lowest BCUT2D eigenvalue weighted by Crippen LogP contribution is -2.49. The van der Waals surface area contributed by atoms with Gasteiger partial charge in [0.25, 0.3) is 16.0 Å². The van der Waals surface area contributed by atoms with Crippen LogP contribution in [-0.4, -0.2) is 66.6 Å². The number of hydrogen-bond acceptors (Lipinski definition) is 10. The molecule has 11 nitrogen and oxygen atoms in total. The number of methoxy groups -OCH3 is 1. The van der Waals surface area contributed by atoms with Crippen LogP contribution in [-0.2, 0) is 16.7 Å². The van der Waals surface area contributed by atoms with E-state index in [0.29, 0.717) is 68.7 Å². The van der Waals surface area contributed by atoms with Gasteiger partial charge in [-0.1, -0.05) is 45.8 Å². The van der Waals surface area contributed by atoms with E-state index in [2.05, 4.69) is 20.7 Å². The molecule has 2 saturated heterocycles. The maximum atomic E-state index is 12.7. The van der Waals surface area contributed by atoms with Crippen molar-refractivity contribution in [1.29, 1.82) is 0 Å². The fourth-order valence-corrected chi connectivity index (χ4v) is 8.86. The first-order chi connectivity index (χ1) is 22.1. The molecule has 1 amide bonds. The number of rotatable bonds is 11. The van der Waals surface area contributed by atoms with Gasteiger partial charge in [0, 0.05) is 53.8 Å². The Balaban J connectivity index is 1.07. The van der Waals surface area contributed by atoms with Crippen LogP contribution in [0.2, 0.25) is 10.0 Å². The molecule has 0 radical (unpaired) electrons. The Bertz CT molecular complexity index is 1880. The Labute approximate surface area is 280 Å². The fourth-order valence-electron chi connectivity index (χ4n) is 6.76. The molecular formula is C31H33Cl2N5O6S2. The van der Waals surface area contributed by atoms with Gasteiger partial charge in [0.2, 0.25) is 0 Å². The lowest BCUT2D eigenvalue weighted by atomic mass is 9.97. The van der Waals surface area contributed by atoms with E-state index in [-0.39, 0.29) is 6.54 Å². The second kappa shape index (κ2) is 12.6. The molecule has 2 atom stereocenters. The van der Waals surface area contributed by atoms with Gasteiger partial charge in [-0.05, 0) is 62.8 Å². The van der Waals surface area contributed by atoms with E-state index < -0.39 is 21.8 Å². The number of piperidine rings is 1. The number of thiazole rings is 1. The molecule has 15 heteroatoms. The Hall–Kier alpha value is -2.94. The summed E-state index contributed by atoms with van der Waals surface area (Å²) < 4.78 is 43.3. The van der Waals surface area contributed by atoms with Gasteiger partial charge < -0.3 is 24.8 Å². The summed E-state index contributed by atoms with van der Waals surface area (Å²) in [7, 11) is -2.64. The SMILES string of the molecule is COc1cc(C(=O)NCCS(=O)(=O)O)cc2sc(N3C4CCC3CC(NCc3c(-c5c(Cl)cccc5Cl)noc3C3CC3)C4)nc12. The second-order valence-corrected chi connectivity index (χ2v) is 15.5. The largest absolute Gasteiger partial charge is 0.494 e. The Morgan fingerprint density at radius 2 is 1.87 bits per heavy atom. The van der Waals surface area contributed by atoms with Crippen molar-refractivity contribution in [3.8, 4) is 17.0 Å². The minimum Gasteiger partial charge on any atom is -0.494 e. The molecule has 4 heterocycles. The van der Waals surface area contributed by atoms with Crippen molar-refractivity contribution < 1.29 is 27.0 Å². The van der Waals surface area contributed by atoms with Crippen LogP contribution in [0.5, 0.6) is 5.75 Å². The third-order valence-corrected chi connectivity index (χ3v) is 11.4. The Morgan fingerprint density at radius 1 is 1.15 bits per heavy atom. The van der Waals surface area contributed by atoms with Crippen LogP contribution >= 0.6 is 34.5 Å². The number of ether oxygens (including phenoxy) is 1. The highest BCUT2D eigenvalue weighted by molar-refractivity contribution is 7.85. The lowest BCUT2D eigenvalue weighted by Gasteiger charge is -2.39. The number of fused-ring (bicyclic) bond motifs is 3. The molecule has 0 spiro atoms. The predicted molar refractivity (Wildman–Crippen MR) is 178 cm³/mol. The number of benzene rings is 2. The molecule has 3 aliphatic rings. The van der Waals surface area contributed by atoms with Crippen LogP contribution < -0.4 is 20.3 Å². The maximum Gasteiger partial charge on any atom is 0.266 e. The minimum atomic E-state index is -4.18. The number of hydrogen-bond donors (Lipinski definition) is 3. The summed E-state index contributed by atoms with van der Waals surface area (Å²) in [5, 5.41) is 12.8. The van der Waals surface area contributed by atoms with Gasteiger partial charge in [0.1, 0.15) is 22.7 Å². The number of carbonyl (C=O) groups is 1. The average molecular weight is 707 g/mol. The van der Waals surface area contributed by atoms with Gasteiger partial charge in [-0.2, -0.15) is 8.42 Å². The Morgan fingerprint density at radius 3 is 2.52 bits per heavy atom. The van der Waals surface area contributed by atoms with Crippen LogP contribution in [0.15, 0.2) is 34.9 Å². The van der Waals surface area contributed by atoms with E-state index in [1.54, 1.807) is 12.1 Å². The van der Waals surface area contributed by atoms with Crippen molar-refractivity contribution in [2.24, 2.45) is 0 Å². The summed E-state index contributed by atoms with van der Waals surface area (Å²) in [5.41, 5.74) is 3.46. The molecule has 1 aliphatic carbocycles. The van der Waals surface area contributed by atoms with Crippen LogP contribution in [0.4, 0.5) is 5.13 Å². The minimum absolute atomic E-state index is 0.202. The summed E-state index contributed by atoms with van der Waals surface area (Å²) in [4.78, 5) is 20.1. The molecule has 4 aromatic rings. The molecule has 2 unspecified atom stereocenters. The standard InChI is InChI=1S/C31H33Cl2N5O6S2/c1-43-24-11-17(30(39)34-9-10-46(40,41)42)12-25-28(24)36-31(45-25)38-19-7-8-20(38)14-18(13-19)35-15-21-27(37-44-29(21)16-5-6-16)26-22(32)3-2-4-23(26)33/h2-4,11-12,16,18-20,35H,5-10,13-15H2,1H3,(H,34,39)(H,40,41,42). The highest BCUT2D eigenvalue weighted by atomic mass is 35.5. The molecule has 3 N–H and O–H groups in total. The number of nitrogens with zero attached hydrogens (tertiary/aromatic N) is 3. The highest BCUT2D eigenvalue weighted by Crippen LogP contribution is 2.47. The number of nitrogens with one attached hydrogen (secondary N) is 2. The summed E-state index contributed by atoms with van der Waals surface area (Å²) in [6.07, 6.45) is 6.23. The monoisotopic (exact) mass is 705 g/mol. The van der Waals surface area contributed by atoms with Gasteiger partial charge in [0.15, 0.2) is 5.13 Å². The summed E-state index contributed by atoms with van der Waals surface area (Å²) in [6.45, 7) is 0.413. The smallest absolute Gasteiger partial charge is 0.266 e. The van der Waals surface area contributed by atoms with E-state index in [0.717, 1.165) is 59.7 Å². The molecule has 2 aromatic heterocycles. The molecule has 2 aliphatic heterocycles. The zero-order chi connectivity index (χ0) is 32.2. The number of aromatic nitrogens is 2. The highest BCUT2D eigenvalue weighted by Gasteiger charge is 2.42. The van der Waals surface area contributed by atoms with E-state index in [1.807, 2.05) is 18.2 Å². The zero-order valence-corrected chi connectivity index (χ0v) is 28.1. The van der Waals surface area contributed by atoms with Crippen LogP contribution in [0.3, 0.4) is 0 Å². The zero-order valence-electron chi connectivity index (χ0n) is 25.0. The molecule has 1 saturated carbocycles. The van der Waals surface area contributed by atoms with Crippen molar-refractivity contribution in [3.05, 3.63) is 57.3 Å². The summed E-state index contributed by atoms with van der Waals surface area (Å²) in [6, 6.07) is 9.74. The molecule has 7 rings (SSSR count). The van der Waals surface area contributed by atoms with E-state index >= 15 is 0 Å². The van der Waals surface area contributed by atoms with Crippen LogP contribution in [0.1, 0.15) is 66.1 Å². The van der Waals surface area contributed by atoms with Gasteiger partial charge in [-0.25, -0.2) is 4.98 Å². The molecule has 2 aromatic carbocycles. The van der Waals surface area contributed by atoms with Crippen LogP contribution in [0.25, 0.3) is 21.5 Å². The van der Waals surface area contributed by atoms with Crippen molar-refractivity contribution in [2.75, 3.05) is 24.3 Å². The normalized spacial score (nSPS) is 21.2. The first kappa shape index (κ1) is 31.6. The van der Waals surface area contributed by atoms with Crippen molar-refractivity contribution in [1.82, 2.24) is 20.8 Å². The number of anilines is 1. The number of halogens is 2. The van der Waals surface area contributed by atoms with Gasteiger partial charge in [-0.15, -0.1) is 0 Å². The fraction of sp³-hybridized carbons (Fsp3) is 0.452. The van der Waals surface area contributed by atoms with Crippen molar-refractivity contribution >= 4 is 65.9 Å². The molecule has 46 heavy (non-hydrogen) atoms. The molecule has 2 bridgehead atoms. The predicted octanol–water partition coefficient (Wildman–Crippen LogP) is 6.05. The molecular weight excluding hydrogens is 673 g/mol. The lowest BCUT2D eigenvalue weighted by molar-refractivity contribution is 0.0956. The summed E-state index contributed by atoms with van der Waals surface area (Å²) in [5.74, 6) is 0.765. The first-order valence-electron chi connectivity index (χ1n) is 15.3. The molecule has 3 fully saturated rings. The van der Waals surface area contributed by atoms with E-state index in [1.165, 1.54) is 18.4 Å². The topological polar surface area (TPSA) is 147 Å². The van der Waals surface area contributed by atoms with Crippen molar-refractivity contribution in [3.63, 3.8) is 0 Å². The maximum absolute atomic E-state index is 12.7. The van der Waals surface area contributed by atoms with E-state index in [9.17, 15) is 13.2 Å². The number of carbonyl (C=O) groups excluding carboxylic acids is 1. The third-order valence-electron chi connectivity index (χ3n) is 9.06. The van der Waals surface area contributed by atoms with Crippen LogP contribution in [0, 0.1) is 0 Å². The van der Waals surface area contributed by atoms with E-state index in [4.69, 9.17) is 42.0 Å². The third kappa shape index (κ3) is 6.33. The van der Waals surface area contributed by atoms with Crippen molar-refractivity contribution in [2.45, 2.75) is 69.1 Å². The van der Waals surface area contributed by atoms with Gasteiger partial charge >= 0.3 is 0 Å². The second-order valence-electron chi connectivity index (χ2n) is 12.2. The summed E-state index contributed by atoms with van der Waals surface area (Å²) >= 11 is 14.6.